The topological polar surface area (TPSA) is 72.4 Å². The van der Waals surface area contributed by atoms with Crippen molar-refractivity contribution in [3.8, 4) is 6.07 Å². The zero-order chi connectivity index (χ0) is 22.1. The standard InChI is InChI=1S/C25H25FN4O2/c26-22-13-19(29-9-11-32-12-10-29)14-24-21(22)15-23(28-24)17-5-7-30(8-6-17)25(31)20-4-2-1-3-18(20)16-27/h1-4,13-15,17,28H,5-12H2. The van der Waals surface area contributed by atoms with Crippen LogP contribution >= 0.6 is 0 Å². The average Bonchev–Trinajstić information content (AvgIpc) is 3.29. The van der Waals surface area contributed by atoms with Gasteiger partial charge in [0.25, 0.3) is 5.91 Å². The fourth-order valence-corrected chi connectivity index (χ4v) is 4.76. The highest BCUT2D eigenvalue weighted by Gasteiger charge is 2.27. The number of nitrogens with zero attached hydrogens (tertiary/aromatic N) is 3. The number of halogens is 1. The first-order chi connectivity index (χ1) is 15.6. The van der Waals surface area contributed by atoms with Crippen LogP contribution < -0.4 is 4.90 Å². The molecule has 2 aliphatic heterocycles. The lowest BCUT2D eigenvalue weighted by Crippen LogP contribution is -2.38. The monoisotopic (exact) mass is 432 g/mol. The third-order valence-corrected chi connectivity index (χ3v) is 6.57. The van der Waals surface area contributed by atoms with Gasteiger partial charge < -0.3 is 19.5 Å². The van der Waals surface area contributed by atoms with Gasteiger partial charge in [0.1, 0.15) is 5.82 Å². The maximum atomic E-state index is 14.9. The Morgan fingerprint density at radius 3 is 2.59 bits per heavy atom. The van der Waals surface area contributed by atoms with Gasteiger partial charge in [0, 0.05) is 48.9 Å². The number of amides is 1. The molecule has 1 aromatic heterocycles. The van der Waals surface area contributed by atoms with Crippen molar-refractivity contribution in [1.82, 2.24) is 9.88 Å². The molecule has 0 spiro atoms. The number of ether oxygens (including phenoxy) is 1. The minimum absolute atomic E-state index is 0.0987. The molecule has 0 atom stereocenters. The molecular weight excluding hydrogens is 407 g/mol. The Balaban J connectivity index is 1.31. The van der Waals surface area contributed by atoms with Crippen molar-refractivity contribution in [2.75, 3.05) is 44.3 Å². The van der Waals surface area contributed by atoms with Crippen molar-refractivity contribution < 1.29 is 13.9 Å². The first-order valence-corrected chi connectivity index (χ1v) is 11.1. The number of nitrogens with one attached hydrogen (secondary N) is 1. The lowest BCUT2D eigenvalue weighted by molar-refractivity contribution is 0.0712. The SMILES string of the molecule is N#Cc1ccccc1C(=O)N1CCC(c2cc3c(F)cc(N4CCOCC4)cc3[nH]2)CC1. The molecule has 5 rings (SSSR count). The van der Waals surface area contributed by atoms with Gasteiger partial charge in [-0.3, -0.25) is 4.79 Å². The van der Waals surface area contributed by atoms with Crippen LogP contribution in [0.15, 0.2) is 42.5 Å². The van der Waals surface area contributed by atoms with Crippen LogP contribution in [0, 0.1) is 17.1 Å². The van der Waals surface area contributed by atoms with Crippen molar-refractivity contribution in [1.29, 1.82) is 5.26 Å². The Morgan fingerprint density at radius 2 is 1.84 bits per heavy atom. The molecule has 7 heteroatoms. The number of H-pyrrole nitrogens is 1. The number of likely N-dealkylation sites (tertiary alicyclic amines) is 1. The summed E-state index contributed by atoms with van der Waals surface area (Å²) in [4.78, 5) is 20.3. The number of aromatic nitrogens is 1. The van der Waals surface area contributed by atoms with E-state index in [4.69, 9.17) is 4.74 Å². The van der Waals surface area contributed by atoms with Crippen LogP contribution in [-0.4, -0.2) is 55.2 Å². The lowest BCUT2D eigenvalue weighted by atomic mass is 9.93. The van der Waals surface area contributed by atoms with E-state index in [1.54, 1.807) is 30.3 Å². The fraction of sp³-hybridized carbons (Fsp3) is 0.360. The quantitative estimate of drug-likeness (QED) is 0.678. The van der Waals surface area contributed by atoms with Crippen LogP contribution in [0.4, 0.5) is 10.1 Å². The summed E-state index contributed by atoms with van der Waals surface area (Å²) in [5, 5.41) is 9.90. The first kappa shape index (κ1) is 20.5. The Bertz CT molecular complexity index is 1180. The van der Waals surface area contributed by atoms with E-state index in [2.05, 4.69) is 16.0 Å². The number of carbonyl (C=O) groups is 1. The number of morpholine rings is 1. The predicted molar refractivity (Wildman–Crippen MR) is 120 cm³/mol. The van der Waals surface area contributed by atoms with Gasteiger partial charge in [0.2, 0.25) is 0 Å². The minimum atomic E-state index is -0.216. The average molecular weight is 432 g/mol. The van der Waals surface area contributed by atoms with Crippen LogP contribution in [0.25, 0.3) is 10.9 Å². The number of carbonyl (C=O) groups excluding carboxylic acids is 1. The number of nitriles is 1. The summed E-state index contributed by atoms with van der Waals surface area (Å²) in [6.45, 7) is 4.07. The van der Waals surface area contributed by atoms with Gasteiger partial charge >= 0.3 is 0 Å². The molecule has 1 N–H and O–H groups in total. The van der Waals surface area contributed by atoms with E-state index in [1.165, 1.54) is 0 Å². The summed E-state index contributed by atoms with van der Waals surface area (Å²) >= 11 is 0. The normalized spacial score (nSPS) is 17.5. The van der Waals surface area contributed by atoms with Gasteiger partial charge in [-0.1, -0.05) is 12.1 Å². The lowest BCUT2D eigenvalue weighted by Gasteiger charge is -2.32. The Morgan fingerprint density at radius 1 is 1.09 bits per heavy atom. The fourth-order valence-electron chi connectivity index (χ4n) is 4.76. The number of rotatable bonds is 3. The van der Waals surface area contributed by atoms with E-state index in [-0.39, 0.29) is 17.6 Å². The summed E-state index contributed by atoms with van der Waals surface area (Å²) in [5.74, 6) is -0.0745. The number of hydrogen-bond donors (Lipinski definition) is 1. The first-order valence-electron chi connectivity index (χ1n) is 11.1. The van der Waals surface area contributed by atoms with Crippen LogP contribution in [0.1, 0.15) is 40.4 Å². The number of anilines is 1. The molecule has 0 unspecified atom stereocenters. The molecule has 164 valence electrons. The number of hydrogen-bond acceptors (Lipinski definition) is 4. The van der Waals surface area contributed by atoms with Crippen molar-refractivity contribution in [2.45, 2.75) is 18.8 Å². The summed E-state index contributed by atoms with van der Waals surface area (Å²) in [6, 6.07) is 14.6. The smallest absolute Gasteiger partial charge is 0.255 e. The van der Waals surface area contributed by atoms with E-state index in [0.717, 1.165) is 42.8 Å². The zero-order valence-electron chi connectivity index (χ0n) is 17.8. The van der Waals surface area contributed by atoms with Crippen LogP contribution in [0.2, 0.25) is 0 Å². The van der Waals surface area contributed by atoms with E-state index in [0.29, 0.717) is 42.8 Å². The zero-order valence-corrected chi connectivity index (χ0v) is 17.8. The van der Waals surface area contributed by atoms with Gasteiger partial charge in [-0.05, 0) is 43.2 Å². The van der Waals surface area contributed by atoms with Crippen LogP contribution in [0.5, 0.6) is 0 Å². The molecule has 32 heavy (non-hydrogen) atoms. The molecule has 0 aliphatic carbocycles. The van der Waals surface area contributed by atoms with E-state index >= 15 is 0 Å². The van der Waals surface area contributed by atoms with Crippen molar-refractivity contribution in [3.63, 3.8) is 0 Å². The Labute approximate surface area is 186 Å². The van der Waals surface area contributed by atoms with Gasteiger partial charge in [-0.25, -0.2) is 4.39 Å². The summed E-state index contributed by atoms with van der Waals surface area (Å²) in [7, 11) is 0. The minimum Gasteiger partial charge on any atom is -0.378 e. The van der Waals surface area contributed by atoms with Gasteiger partial charge in [0.05, 0.1) is 35.9 Å². The molecule has 3 heterocycles. The third-order valence-electron chi connectivity index (χ3n) is 6.57. The van der Waals surface area contributed by atoms with Crippen LogP contribution in [0.3, 0.4) is 0 Å². The van der Waals surface area contributed by atoms with Gasteiger partial charge in [-0.15, -0.1) is 0 Å². The third kappa shape index (κ3) is 3.82. The number of fused-ring (bicyclic) bond motifs is 1. The highest BCUT2D eigenvalue weighted by Crippen LogP contribution is 2.33. The Hall–Kier alpha value is -3.37. The number of piperidine rings is 1. The summed E-state index contributed by atoms with van der Waals surface area (Å²) < 4.78 is 20.3. The van der Waals surface area contributed by atoms with Gasteiger partial charge in [0.15, 0.2) is 0 Å². The molecule has 2 aliphatic rings. The van der Waals surface area contributed by atoms with E-state index in [1.807, 2.05) is 17.0 Å². The molecule has 2 aromatic carbocycles. The molecule has 2 saturated heterocycles. The number of benzene rings is 2. The second kappa shape index (κ2) is 8.64. The maximum absolute atomic E-state index is 14.9. The molecule has 2 fully saturated rings. The number of aromatic amines is 1. The second-order valence-electron chi connectivity index (χ2n) is 8.44. The summed E-state index contributed by atoms with van der Waals surface area (Å²) in [6.07, 6.45) is 1.59. The molecule has 0 radical (unpaired) electrons. The molecule has 3 aromatic rings. The van der Waals surface area contributed by atoms with Crippen LogP contribution in [-0.2, 0) is 4.74 Å². The highest BCUT2D eigenvalue weighted by atomic mass is 19.1. The highest BCUT2D eigenvalue weighted by molar-refractivity contribution is 5.96. The van der Waals surface area contributed by atoms with Crippen molar-refractivity contribution in [3.05, 3.63) is 65.1 Å². The molecule has 1 amide bonds. The largest absolute Gasteiger partial charge is 0.378 e. The van der Waals surface area contributed by atoms with E-state index < -0.39 is 0 Å². The molecular formula is C25H25FN4O2. The Kier molecular flexibility index (Phi) is 5.54. The second-order valence-corrected chi connectivity index (χ2v) is 8.44. The predicted octanol–water partition coefficient (Wildman–Crippen LogP) is 4.04. The van der Waals surface area contributed by atoms with Crippen molar-refractivity contribution in [2.24, 2.45) is 0 Å². The molecule has 0 bridgehead atoms. The molecule has 6 nitrogen and oxygen atoms in total. The van der Waals surface area contributed by atoms with Gasteiger partial charge in [-0.2, -0.15) is 5.26 Å². The maximum Gasteiger partial charge on any atom is 0.255 e. The van der Waals surface area contributed by atoms with E-state index in [9.17, 15) is 14.4 Å². The summed E-state index contributed by atoms with van der Waals surface area (Å²) in [5.41, 5.74) is 3.56. The van der Waals surface area contributed by atoms with Crippen molar-refractivity contribution >= 4 is 22.5 Å². The molecule has 0 saturated carbocycles.